The Morgan fingerprint density at radius 3 is 2.14 bits per heavy atom. The van der Waals surface area contributed by atoms with Crippen molar-refractivity contribution in [3.05, 3.63) is 36.0 Å². The van der Waals surface area contributed by atoms with Gasteiger partial charge in [-0.3, -0.25) is 0 Å². The lowest BCUT2D eigenvalue weighted by Crippen LogP contribution is -2.49. The summed E-state index contributed by atoms with van der Waals surface area (Å²) in [5.41, 5.74) is 3.17. The van der Waals surface area contributed by atoms with Gasteiger partial charge in [-0.05, 0) is 110 Å². The summed E-state index contributed by atoms with van der Waals surface area (Å²) in [4.78, 5) is 0. The van der Waals surface area contributed by atoms with Gasteiger partial charge in [0.2, 0.25) is 0 Å². The predicted octanol–water partition coefficient (Wildman–Crippen LogP) is 12.5. The molecule has 250 valence electrons. The zero-order valence-electron chi connectivity index (χ0n) is 31.5. The van der Waals surface area contributed by atoms with Gasteiger partial charge in [0.05, 0.1) is 13.7 Å². The monoisotopic (exact) mass is 631 g/mol. The van der Waals surface area contributed by atoms with E-state index in [4.69, 9.17) is 11.0 Å². The highest BCUT2D eigenvalue weighted by Crippen LogP contribution is 2.56. The van der Waals surface area contributed by atoms with E-state index in [1.807, 2.05) is 13.8 Å². The van der Waals surface area contributed by atoms with Crippen LogP contribution in [0.3, 0.4) is 0 Å². The van der Waals surface area contributed by atoms with Gasteiger partial charge < -0.3 is 9.53 Å². The van der Waals surface area contributed by atoms with Gasteiger partial charge in [-0.1, -0.05) is 125 Å². The van der Waals surface area contributed by atoms with Crippen LogP contribution in [0.4, 0.5) is 0 Å². The molecule has 0 aliphatic heterocycles. The topological polar surface area (TPSA) is 29.5 Å². The van der Waals surface area contributed by atoms with Crippen molar-refractivity contribution in [2.45, 2.75) is 187 Å². The van der Waals surface area contributed by atoms with E-state index in [9.17, 15) is 5.11 Å². The third-order valence-corrected chi connectivity index (χ3v) is 23.6. The molecule has 4 heteroatoms. The van der Waals surface area contributed by atoms with Crippen molar-refractivity contribution in [3.8, 4) is 0 Å². The first-order valence-electron chi connectivity index (χ1n) is 17.8. The van der Waals surface area contributed by atoms with Crippen LogP contribution in [0.5, 0.6) is 0 Å². The van der Waals surface area contributed by atoms with Crippen LogP contribution in [0.15, 0.2) is 36.0 Å². The van der Waals surface area contributed by atoms with Gasteiger partial charge in [-0.25, -0.2) is 0 Å². The van der Waals surface area contributed by atoms with Crippen LogP contribution in [0, 0.1) is 23.2 Å². The summed E-state index contributed by atoms with van der Waals surface area (Å²) < 4.78 is 7.14. The predicted molar refractivity (Wildman–Crippen MR) is 197 cm³/mol. The van der Waals surface area contributed by atoms with Crippen LogP contribution in [-0.2, 0) is 4.43 Å². The molecule has 0 saturated heterocycles. The molecule has 2 aliphatic carbocycles. The molecule has 2 saturated carbocycles. The Balaban J connectivity index is 2.34. The summed E-state index contributed by atoms with van der Waals surface area (Å²) in [5.74, 6) is 2.08. The molecule has 6 atom stereocenters. The normalized spacial score (nSPS) is 30.0. The molecular weight excluding hydrogens is 557 g/mol. The second-order valence-electron chi connectivity index (χ2n) is 18.8. The van der Waals surface area contributed by atoms with E-state index >= 15 is 0 Å². The maximum absolute atomic E-state index is 10.2. The Hall–Kier alpha value is -0.426. The maximum Gasteiger partial charge on any atom is 0.192 e. The maximum atomic E-state index is 10.2. The Labute approximate surface area is 271 Å². The zero-order valence-corrected chi connectivity index (χ0v) is 33.5. The van der Waals surface area contributed by atoms with Crippen molar-refractivity contribution >= 4 is 16.4 Å². The lowest BCUT2D eigenvalue weighted by atomic mass is 9.66. The first kappa shape index (κ1) is 38.8. The fourth-order valence-electron chi connectivity index (χ4n) is 8.02. The number of hydrogen-bond acceptors (Lipinski definition) is 2. The average molecular weight is 631 g/mol. The van der Waals surface area contributed by atoms with Crippen LogP contribution < -0.4 is 0 Å². The van der Waals surface area contributed by atoms with Crippen LogP contribution in [0.2, 0.25) is 41.8 Å². The number of aliphatic hydroxyl groups is 1. The molecule has 2 rings (SSSR count). The standard InChI is InChI=1S/C39H74O2Si2/c1-17-25-39(12)32(23-24-34(39)29(2)20-19-26-38(10,11)40)22-18-21-31-27-33(41-43(15,16)37(7,8)9)28-35(30(31)3)42(13,14)36(4,5)6/h18,21-22,29,32-35,40H,3,17,19-20,23-28H2,1-2,4-16H3/t29-,32-,33-,34-,35+,39+/m1/s1. The van der Waals surface area contributed by atoms with E-state index in [1.54, 1.807) is 0 Å². The second-order valence-corrected chi connectivity index (χ2v) is 29.2. The molecule has 0 aromatic rings. The minimum atomic E-state index is -1.87. The lowest BCUT2D eigenvalue weighted by Gasteiger charge is -2.49. The summed E-state index contributed by atoms with van der Waals surface area (Å²) in [7, 11) is -3.53. The van der Waals surface area contributed by atoms with Gasteiger partial charge in [0.1, 0.15) is 0 Å². The van der Waals surface area contributed by atoms with Crippen molar-refractivity contribution in [2.75, 3.05) is 0 Å². The Bertz CT molecular complexity index is 984. The van der Waals surface area contributed by atoms with Crippen molar-refractivity contribution in [3.63, 3.8) is 0 Å². The third kappa shape index (κ3) is 9.55. The molecule has 2 nitrogen and oxygen atoms in total. The minimum absolute atomic E-state index is 0.214. The Morgan fingerprint density at radius 1 is 1.02 bits per heavy atom. The molecule has 0 spiro atoms. The molecule has 0 radical (unpaired) electrons. The second kappa shape index (κ2) is 14.1. The van der Waals surface area contributed by atoms with Gasteiger partial charge in [0.25, 0.3) is 0 Å². The molecule has 1 N–H and O–H groups in total. The molecule has 0 aromatic heterocycles. The third-order valence-electron chi connectivity index (χ3n) is 12.9. The van der Waals surface area contributed by atoms with E-state index in [1.165, 1.54) is 43.3 Å². The summed E-state index contributed by atoms with van der Waals surface area (Å²) >= 11 is 0. The van der Waals surface area contributed by atoms with E-state index < -0.39 is 22.0 Å². The van der Waals surface area contributed by atoms with Gasteiger partial charge in [0.15, 0.2) is 8.32 Å². The number of allylic oxidation sites excluding steroid dienone is 4. The Kier molecular flexibility index (Phi) is 12.7. The molecule has 0 amide bonds. The number of hydrogen-bond donors (Lipinski definition) is 1. The molecular formula is C39H74O2Si2. The van der Waals surface area contributed by atoms with Crippen LogP contribution in [-0.4, -0.2) is 33.2 Å². The zero-order chi connectivity index (χ0) is 33.2. The minimum Gasteiger partial charge on any atom is -0.414 e. The fraction of sp³-hybridized carbons (Fsp3) is 0.846. The fourth-order valence-corrected chi connectivity index (χ4v) is 12.3. The van der Waals surface area contributed by atoms with E-state index in [2.05, 4.69) is 107 Å². The molecule has 43 heavy (non-hydrogen) atoms. The molecule has 0 unspecified atom stereocenters. The van der Waals surface area contributed by atoms with Crippen LogP contribution in [0.1, 0.15) is 134 Å². The van der Waals surface area contributed by atoms with Crippen molar-refractivity contribution in [1.29, 1.82) is 0 Å². The van der Waals surface area contributed by atoms with Gasteiger partial charge >= 0.3 is 0 Å². The highest BCUT2D eigenvalue weighted by atomic mass is 28.4. The highest BCUT2D eigenvalue weighted by molar-refractivity contribution is 6.82. The quantitative estimate of drug-likeness (QED) is 0.217. The van der Waals surface area contributed by atoms with Crippen molar-refractivity contribution in [2.24, 2.45) is 23.2 Å². The molecule has 2 aliphatic rings. The smallest absolute Gasteiger partial charge is 0.192 e. The summed E-state index contributed by atoms with van der Waals surface area (Å²) in [6, 6.07) is 0. The molecule has 0 aromatic carbocycles. The SMILES string of the molecule is C=C1C(=CC=C[C@@H]2CC[C@H]([C@H](C)CCCC(C)(C)O)[C@@]2(C)CCC)C[C@@H](O[Si](C)(C)C(C)(C)C)C[C@@H]1[Si](C)(C)C(C)(C)C. The summed E-state index contributed by atoms with van der Waals surface area (Å²) in [5, 5.41) is 10.8. The average Bonchev–Trinajstić information content (AvgIpc) is 3.14. The molecule has 0 bridgehead atoms. The van der Waals surface area contributed by atoms with E-state index in [0.29, 0.717) is 27.8 Å². The largest absolute Gasteiger partial charge is 0.414 e. The lowest BCUT2D eigenvalue weighted by molar-refractivity contribution is 0.0619. The van der Waals surface area contributed by atoms with E-state index in [0.717, 1.165) is 31.6 Å². The summed E-state index contributed by atoms with van der Waals surface area (Å²) in [6.45, 7) is 40.5. The van der Waals surface area contributed by atoms with Crippen LogP contribution >= 0.6 is 0 Å². The van der Waals surface area contributed by atoms with Crippen molar-refractivity contribution < 1.29 is 9.53 Å². The van der Waals surface area contributed by atoms with Crippen LogP contribution in [0.25, 0.3) is 0 Å². The van der Waals surface area contributed by atoms with Gasteiger partial charge in [-0.2, -0.15) is 0 Å². The first-order chi connectivity index (χ1) is 19.4. The highest BCUT2D eigenvalue weighted by Gasteiger charge is 2.49. The number of rotatable bonds is 12. The first-order valence-corrected chi connectivity index (χ1v) is 23.8. The summed E-state index contributed by atoms with van der Waals surface area (Å²) in [6.07, 6.45) is 18.2. The van der Waals surface area contributed by atoms with Gasteiger partial charge in [-0.15, -0.1) is 0 Å². The van der Waals surface area contributed by atoms with Crippen molar-refractivity contribution in [1.82, 2.24) is 0 Å². The van der Waals surface area contributed by atoms with Gasteiger partial charge in [0, 0.05) is 6.10 Å². The van der Waals surface area contributed by atoms with E-state index in [-0.39, 0.29) is 11.1 Å². The molecule has 2 fully saturated rings. The molecule has 0 heterocycles. The Morgan fingerprint density at radius 2 is 1.63 bits per heavy atom.